The Hall–Kier alpha value is -3.35. The smallest absolute Gasteiger partial charge is 0.309 e. The molecule has 2 amide bonds. The van der Waals surface area contributed by atoms with E-state index in [9.17, 15) is 29.1 Å². The average molecular weight is 558 g/mol. The topological polar surface area (TPSA) is 138 Å². The predicted molar refractivity (Wildman–Crippen MR) is 144 cm³/mol. The molecule has 5 unspecified atom stereocenters. The standard InChI is InChI=1S/C30H40FN3O6/c1-16(29(2,3)15-32)33-27(36)24-17-6-7-18(12-17)25(24)34-26(35)20-13-23(21(31)14-22(20)39-5)40-19-8-10-30(4,11-9-19)28(37)38/h13-14,16-19,24-25H,6-12H2,1-5H3,(H,33,36)(H,34,35)(H,37,38). The molecule has 9 nitrogen and oxygen atoms in total. The van der Waals surface area contributed by atoms with Gasteiger partial charge in [-0.15, -0.1) is 0 Å². The fourth-order valence-electron chi connectivity index (χ4n) is 6.40. The number of methoxy groups -OCH3 is 1. The molecule has 0 aliphatic heterocycles. The van der Waals surface area contributed by atoms with E-state index in [1.54, 1.807) is 27.7 Å². The Morgan fingerprint density at radius 1 is 1.15 bits per heavy atom. The second-order valence-corrected chi connectivity index (χ2v) is 12.6. The molecule has 3 fully saturated rings. The van der Waals surface area contributed by atoms with Gasteiger partial charge in [-0.2, -0.15) is 5.26 Å². The first-order valence-electron chi connectivity index (χ1n) is 14.1. The highest BCUT2D eigenvalue weighted by Gasteiger charge is 2.52. The van der Waals surface area contributed by atoms with Crippen LogP contribution in [0.3, 0.4) is 0 Å². The third kappa shape index (κ3) is 5.74. The van der Waals surface area contributed by atoms with E-state index in [0.717, 1.165) is 25.3 Å². The third-order valence-corrected chi connectivity index (χ3v) is 9.59. The Balaban J connectivity index is 1.50. The summed E-state index contributed by atoms with van der Waals surface area (Å²) in [5.41, 5.74) is -1.46. The summed E-state index contributed by atoms with van der Waals surface area (Å²) in [5.74, 6) is -2.35. The quantitative estimate of drug-likeness (QED) is 0.408. The number of nitrogens with one attached hydrogen (secondary N) is 2. The molecule has 10 heteroatoms. The van der Waals surface area contributed by atoms with Gasteiger partial charge in [0.25, 0.3) is 5.91 Å². The fourth-order valence-corrected chi connectivity index (χ4v) is 6.40. The molecule has 0 aromatic heterocycles. The van der Waals surface area contributed by atoms with E-state index in [1.165, 1.54) is 13.2 Å². The number of benzene rings is 1. The van der Waals surface area contributed by atoms with Gasteiger partial charge >= 0.3 is 5.97 Å². The number of fused-ring (bicyclic) bond motifs is 2. The van der Waals surface area contributed by atoms with E-state index in [-0.39, 0.29) is 47.0 Å². The van der Waals surface area contributed by atoms with Crippen LogP contribution in [0.4, 0.5) is 4.39 Å². The summed E-state index contributed by atoms with van der Waals surface area (Å²) in [6.07, 6.45) is 4.02. The summed E-state index contributed by atoms with van der Waals surface area (Å²) in [6, 6.07) is 3.91. The Morgan fingerprint density at radius 2 is 1.80 bits per heavy atom. The van der Waals surface area contributed by atoms with Crippen molar-refractivity contribution in [1.29, 1.82) is 5.26 Å². The zero-order valence-corrected chi connectivity index (χ0v) is 23.9. The molecule has 2 bridgehead atoms. The number of nitrogens with zero attached hydrogens (tertiary/aromatic N) is 1. The summed E-state index contributed by atoms with van der Waals surface area (Å²) < 4.78 is 26.2. The molecule has 0 spiro atoms. The van der Waals surface area contributed by atoms with Gasteiger partial charge in [0, 0.05) is 18.2 Å². The maximum Gasteiger partial charge on any atom is 0.309 e. The van der Waals surface area contributed by atoms with Crippen molar-refractivity contribution in [2.24, 2.45) is 28.6 Å². The van der Waals surface area contributed by atoms with Crippen molar-refractivity contribution in [2.45, 2.75) is 90.8 Å². The van der Waals surface area contributed by atoms with Crippen molar-refractivity contribution >= 4 is 17.8 Å². The van der Waals surface area contributed by atoms with Gasteiger partial charge in [0.15, 0.2) is 11.6 Å². The monoisotopic (exact) mass is 557 g/mol. The number of nitriles is 1. The lowest BCUT2D eigenvalue weighted by atomic mass is 9.75. The molecule has 0 saturated heterocycles. The lowest BCUT2D eigenvalue weighted by Gasteiger charge is -2.34. The average Bonchev–Trinajstić information content (AvgIpc) is 3.52. The summed E-state index contributed by atoms with van der Waals surface area (Å²) in [5, 5.41) is 25.0. The van der Waals surface area contributed by atoms with Crippen LogP contribution in [0.1, 0.15) is 83.0 Å². The van der Waals surface area contributed by atoms with Gasteiger partial charge in [-0.25, -0.2) is 4.39 Å². The molecule has 0 heterocycles. The van der Waals surface area contributed by atoms with Crippen molar-refractivity contribution in [3.63, 3.8) is 0 Å². The maximum atomic E-state index is 15.0. The van der Waals surface area contributed by atoms with Crippen LogP contribution < -0.4 is 20.1 Å². The number of carboxylic acids is 1. The molecule has 40 heavy (non-hydrogen) atoms. The Morgan fingerprint density at radius 3 is 2.40 bits per heavy atom. The van der Waals surface area contributed by atoms with E-state index in [2.05, 4.69) is 16.7 Å². The van der Waals surface area contributed by atoms with E-state index >= 15 is 0 Å². The van der Waals surface area contributed by atoms with Crippen LogP contribution in [-0.2, 0) is 9.59 Å². The van der Waals surface area contributed by atoms with Crippen LogP contribution in [0.2, 0.25) is 0 Å². The van der Waals surface area contributed by atoms with E-state index in [0.29, 0.717) is 25.7 Å². The Kier molecular flexibility index (Phi) is 8.34. The first-order valence-corrected chi connectivity index (χ1v) is 14.1. The molecule has 1 aromatic carbocycles. The number of ether oxygens (including phenoxy) is 2. The molecule has 218 valence electrons. The van der Waals surface area contributed by atoms with Gasteiger partial charge in [0.1, 0.15) is 5.75 Å². The fraction of sp³-hybridized carbons (Fsp3) is 0.667. The first kappa shape index (κ1) is 29.6. The molecule has 3 N–H and O–H groups in total. The number of carboxylic acid groups (broad SMARTS) is 1. The number of amides is 2. The van der Waals surface area contributed by atoms with Crippen molar-refractivity contribution in [1.82, 2.24) is 10.6 Å². The number of carbonyl (C=O) groups is 3. The van der Waals surface area contributed by atoms with Gasteiger partial charge < -0.3 is 25.2 Å². The molecule has 3 aliphatic rings. The van der Waals surface area contributed by atoms with Crippen LogP contribution in [-0.4, -0.2) is 48.2 Å². The summed E-state index contributed by atoms with van der Waals surface area (Å²) in [7, 11) is 1.35. The number of halogens is 1. The molecule has 3 saturated carbocycles. The highest BCUT2D eigenvalue weighted by Crippen LogP contribution is 2.49. The van der Waals surface area contributed by atoms with E-state index in [4.69, 9.17) is 9.47 Å². The largest absolute Gasteiger partial charge is 0.496 e. The normalized spacial score (nSPS) is 30.2. The second kappa shape index (κ2) is 11.3. The minimum absolute atomic E-state index is 0.0537. The number of aliphatic carboxylic acids is 1. The number of rotatable bonds is 9. The van der Waals surface area contributed by atoms with Crippen molar-refractivity contribution in [3.05, 3.63) is 23.5 Å². The molecular formula is C30H40FN3O6. The Labute approximate surface area is 234 Å². The summed E-state index contributed by atoms with van der Waals surface area (Å²) in [4.78, 5) is 38.5. The molecule has 5 atom stereocenters. The van der Waals surface area contributed by atoms with Gasteiger partial charge in [-0.1, -0.05) is 0 Å². The lowest BCUT2D eigenvalue weighted by Crippen LogP contribution is -2.53. The highest BCUT2D eigenvalue weighted by molar-refractivity contribution is 5.98. The third-order valence-electron chi connectivity index (χ3n) is 9.59. The number of hydrogen-bond donors (Lipinski definition) is 3. The second-order valence-electron chi connectivity index (χ2n) is 12.6. The highest BCUT2D eigenvalue weighted by atomic mass is 19.1. The Bertz CT molecular complexity index is 1200. The zero-order chi connectivity index (χ0) is 29.4. The first-order chi connectivity index (χ1) is 18.8. The van der Waals surface area contributed by atoms with Gasteiger partial charge in [-0.05, 0) is 90.5 Å². The molecular weight excluding hydrogens is 517 g/mol. The SMILES string of the molecule is COc1cc(F)c(OC2CCC(C)(C(=O)O)CC2)cc1C(=O)NC1C2CCC(C2)C1C(=O)NC(C)C(C)(C)C#N. The van der Waals surface area contributed by atoms with Crippen molar-refractivity contribution in [3.8, 4) is 17.6 Å². The predicted octanol–water partition coefficient (Wildman–Crippen LogP) is 4.45. The van der Waals surface area contributed by atoms with E-state index in [1.807, 2.05) is 0 Å². The number of carbonyl (C=O) groups excluding carboxylic acids is 2. The van der Waals surface area contributed by atoms with E-state index < -0.39 is 40.5 Å². The number of hydrogen-bond acceptors (Lipinski definition) is 6. The lowest BCUT2D eigenvalue weighted by molar-refractivity contribution is -0.150. The van der Waals surface area contributed by atoms with Crippen LogP contribution in [0.5, 0.6) is 11.5 Å². The minimum atomic E-state index is -0.851. The van der Waals surface area contributed by atoms with Gasteiger partial charge in [-0.3, -0.25) is 14.4 Å². The maximum absolute atomic E-state index is 15.0. The summed E-state index contributed by atoms with van der Waals surface area (Å²) in [6.45, 7) is 7.06. The van der Waals surface area contributed by atoms with Crippen LogP contribution in [0.25, 0.3) is 0 Å². The zero-order valence-electron chi connectivity index (χ0n) is 23.9. The van der Waals surface area contributed by atoms with Crippen LogP contribution >= 0.6 is 0 Å². The molecule has 0 radical (unpaired) electrons. The van der Waals surface area contributed by atoms with Gasteiger partial charge in [0.05, 0.1) is 41.6 Å². The van der Waals surface area contributed by atoms with Gasteiger partial charge in [0.2, 0.25) is 5.91 Å². The van der Waals surface area contributed by atoms with Crippen LogP contribution in [0, 0.1) is 45.7 Å². The molecule has 4 rings (SSSR count). The van der Waals surface area contributed by atoms with Crippen LogP contribution in [0.15, 0.2) is 12.1 Å². The molecule has 3 aliphatic carbocycles. The molecule has 1 aromatic rings. The minimum Gasteiger partial charge on any atom is -0.496 e. The summed E-state index contributed by atoms with van der Waals surface area (Å²) >= 11 is 0. The van der Waals surface area contributed by atoms with Crippen molar-refractivity contribution in [2.75, 3.05) is 7.11 Å². The van der Waals surface area contributed by atoms with Crippen molar-refractivity contribution < 1.29 is 33.4 Å².